The molecule has 1 saturated heterocycles. The maximum absolute atomic E-state index is 12.0. The molecule has 1 aliphatic heterocycles. The van der Waals surface area contributed by atoms with Crippen LogP contribution >= 0.6 is 0 Å². The van der Waals surface area contributed by atoms with Gasteiger partial charge in [-0.2, -0.15) is 0 Å². The zero-order valence-electron chi connectivity index (χ0n) is 13.1. The van der Waals surface area contributed by atoms with E-state index in [1.807, 2.05) is 26.2 Å². The number of furan rings is 1. The zero-order chi connectivity index (χ0) is 15.1. The normalized spacial score (nSPS) is 20.4. The largest absolute Gasteiger partial charge is 0.468 e. The highest BCUT2D eigenvalue weighted by molar-refractivity contribution is 5.75. The lowest BCUT2D eigenvalue weighted by molar-refractivity contribution is -0.121. The maximum atomic E-state index is 12.0. The van der Waals surface area contributed by atoms with Crippen molar-refractivity contribution < 1.29 is 9.21 Å². The smallest absolute Gasteiger partial charge is 0.220 e. The van der Waals surface area contributed by atoms with E-state index >= 15 is 0 Å². The first kappa shape index (κ1) is 16.0. The summed E-state index contributed by atoms with van der Waals surface area (Å²) in [7, 11) is 3.99. The van der Waals surface area contributed by atoms with E-state index < -0.39 is 0 Å². The molecule has 0 aliphatic carbocycles. The van der Waals surface area contributed by atoms with Crippen LogP contribution in [-0.2, 0) is 4.79 Å². The van der Waals surface area contributed by atoms with E-state index in [4.69, 9.17) is 4.42 Å². The molecule has 1 aromatic heterocycles. The molecule has 1 aliphatic rings. The molecule has 0 bridgehead atoms. The number of nitrogens with zero attached hydrogens (tertiary/aromatic N) is 1. The predicted octanol–water partition coefficient (Wildman–Crippen LogP) is 1.78. The van der Waals surface area contributed by atoms with Gasteiger partial charge in [0.25, 0.3) is 0 Å². The van der Waals surface area contributed by atoms with Crippen molar-refractivity contribution >= 4 is 5.91 Å². The number of amides is 1. The van der Waals surface area contributed by atoms with Gasteiger partial charge >= 0.3 is 0 Å². The van der Waals surface area contributed by atoms with E-state index in [1.165, 1.54) is 12.8 Å². The van der Waals surface area contributed by atoms with E-state index in [9.17, 15) is 4.79 Å². The van der Waals surface area contributed by atoms with E-state index in [1.54, 1.807) is 6.26 Å². The third-order valence-electron chi connectivity index (χ3n) is 4.17. The van der Waals surface area contributed by atoms with Crippen LogP contribution in [0.2, 0.25) is 0 Å². The Morgan fingerprint density at radius 2 is 2.43 bits per heavy atom. The zero-order valence-corrected chi connectivity index (χ0v) is 13.1. The molecule has 2 heterocycles. The lowest BCUT2D eigenvalue weighted by atomic mass is 9.94. The second-order valence-electron chi connectivity index (χ2n) is 6.05. The first-order valence-corrected chi connectivity index (χ1v) is 7.84. The second kappa shape index (κ2) is 8.20. The lowest BCUT2D eigenvalue weighted by Crippen LogP contribution is -2.35. The molecule has 21 heavy (non-hydrogen) atoms. The molecule has 0 aromatic carbocycles. The highest BCUT2D eigenvalue weighted by Gasteiger charge is 2.19. The van der Waals surface area contributed by atoms with Crippen molar-refractivity contribution in [2.75, 3.05) is 33.7 Å². The molecule has 2 N–H and O–H groups in total. The van der Waals surface area contributed by atoms with E-state index in [-0.39, 0.29) is 11.9 Å². The minimum atomic E-state index is 0.0836. The van der Waals surface area contributed by atoms with Gasteiger partial charge in [0.05, 0.1) is 12.3 Å². The van der Waals surface area contributed by atoms with Crippen LogP contribution in [0.1, 0.15) is 37.5 Å². The van der Waals surface area contributed by atoms with Gasteiger partial charge in [-0.25, -0.2) is 0 Å². The van der Waals surface area contributed by atoms with Crippen LogP contribution in [0, 0.1) is 5.92 Å². The minimum absolute atomic E-state index is 0.0836. The second-order valence-corrected chi connectivity index (χ2v) is 6.05. The minimum Gasteiger partial charge on any atom is -0.468 e. The van der Waals surface area contributed by atoms with Crippen LogP contribution in [0.4, 0.5) is 0 Å². The summed E-state index contributed by atoms with van der Waals surface area (Å²) < 4.78 is 5.44. The summed E-state index contributed by atoms with van der Waals surface area (Å²) in [6.45, 7) is 2.76. The Labute approximate surface area is 127 Å². The van der Waals surface area contributed by atoms with Crippen LogP contribution in [0.15, 0.2) is 22.8 Å². The number of piperidine rings is 1. The van der Waals surface area contributed by atoms with Gasteiger partial charge in [-0.3, -0.25) is 9.69 Å². The number of likely N-dealkylation sites (N-methyl/N-ethyl adjacent to an activating group) is 1. The molecule has 1 fully saturated rings. The summed E-state index contributed by atoms with van der Waals surface area (Å²) in [6, 6.07) is 3.91. The van der Waals surface area contributed by atoms with E-state index in [0.29, 0.717) is 18.9 Å². The fourth-order valence-corrected chi connectivity index (χ4v) is 2.82. The quantitative estimate of drug-likeness (QED) is 0.804. The molecular weight excluding hydrogens is 266 g/mol. The Morgan fingerprint density at radius 3 is 3.05 bits per heavy atom. The standard InChI is InChI=1S/C16H27N3O2/c1-19(2)14(15-6-4-10-21-15)12-18-16(20)8-7-13-5-3-9-17-11-13/h4,6,10,13-14,17H,3,5,7-9,11-12H2,1-2H3,(H,18,20). The van der Waals surface area contributed by atoms with Gasteiger partial charge in [-0.05, 0) is 64.5 Å². The van der Waals surface area contributed by atoms with Crippen LogP contribution in [-0.4, -0.2) is 44.5 Å². The summed E-state index contributed by atoms with van der Waals surface area (Å²) in [4.78, 5) is 14.1. The summed E-state index contributed by atoms with van der Waals surface area (Å²) in [5.41, 5.74) is 0. The van der Waals surface area contributed by atoms with E-state index in [0.717, 1.165) is 25.3 Å². The summed E-state index contributed by atoms with van der Waals surface area (Å²) in [5, 5.41) is 6.42. The first-order chi connectivity index (χ1) is 10.2. The molecule has 0 saturated carbocycles. The van der Waals surface area contributed by atoms with Crippen LogP contribution in [0.5, 0.6) is 0 Å². The molecule has 2 rings (SSSR count). The van der Waals surface area contributed by atoms with Gasteiger partial charge in [0.2, 0.25) is 5.91 Å². The highest BCUT2D eigenvalue weighted by atomic mass is 16.3. The lowest BCUT2D eigenvalue weighted by Gasteiger charge is -2.24. The Bertz CT molecular complexity index is 411. The molecule has 1 aromatic rings. The van der Waals surface area contributed by atoms with Crippen molar-refractivity contribution in [1.29, 1.82) is 0 Å². The summed E-state index contributed by atoms with van der Waals surface area (Å²) in [6.07, 6.45) is 5.74. The third-order valence-corrected chi connectivity index (χ3v) is 4.17. The van der Waals surface area contributed by atoms with Gasteiger partial charge in [-0.15, -0.1) is 0 Å². The van der Waals surface area contributed by atoms with Crippen molar-refractivity contribution in [3.63, 3.8) is 0 Å². The van der Waals surface area contributed by atoms with Gasteiger partial charge in [0, 0.05) is 13.0 Å². The third kappa shape index (κ3) is 5.17. The number of nitrogens with one attached hydrogen (secondary N) is 2. The molecular formula is C16H27N3O2. The monoisotopic (exact) mass is 293 g/mol. The number of hydrogen-bond acceptors (Lipinski definition) is 4. The fraction of sp³-hybridized carbons (Fsp3) is 0.688. The summed E-state index contributed by atoms with van der Waals surface area (Å²) in [5.74, 6) is 1.68. The molecule has 1 amide bonds. The number of rotatable bonds is 7. The van der Waals surface area contributed by atoms with Gasteiger partial charge in [0.15, 0.2) is 0 Å². The van der Waals surface area contributed by atoms with Crippen LogP contribution in [0.3, 0.4) is 0 Å². The van der Waals surface area contributed by atoms with E-state index in [2.05, 4.69) is 15.5 Å². The highest BCUT2D eigenvalue weighted by Crippen LogP contribution is 2.18. The maximum Gasteiger partial charge on any atom is 0.220 e. The Balaban J connectivity index is 1.71. The first-order valence-electron chi connectivity index (χ1n) is 7.84. The average Bonchev–Trinajstić information content (AvgIpc) is 3.00. The predicted molar refractivity (Wildman–Crippen MR) is 83.0 cm³/mol. The molecule has 5 nitrogen and oxygen atoms in total. The Kier molecular flexibility index (Phi) is 6.26. The number of carbonyl (C=O) groups excluding carboxylic acids is 1. The summed E-state index contributed by atoms with van der Waals surface area (Å²) >= 11 is 0. The fourth-order valence-electron chi connectivity index (χ4n) is 2.82. The molecule has 118 valence electrons. The van der Waals surface area contributed by atoms with Gasteiger partial charge in [0.1, 0.15) is 5.76 Å². The van der Waals surface area contributed by atoms with Crippen molar-refractivity contribution in [3.05, 3.63) is 24.2 Å². The average molecular weight is 293 g/mol. The molecule has 5 heteroatoms. The van der Waals surface area contributed by atoms with Gasteiger partial charge in [-0.1, -0.05) is 0 Å². The molecule has 2 atom stereocenters. The van der Waals surface area contributed by atoms with Crippen molar-refractivity contribution in [2.45, 2.75) is 31.7 Å². The van der Waals surface area contributed by atoms with Crippen LogP contribution in [0.25, 0.3) is 0 Å². The Morgan fingerprint density at radius 1 is 1.57 bits per heavy atom. The van der Waals surface area contributed by atoms with Crippen molar-refractivity contribution in [2.24, 2.45) is 5.92 Å². The Hall–Kier alpha value is -1.33. The van der Waals surface area contributed by atoms with Crippen molar-refractivity contribution in [3.8, 4) is 0 Å². The number of carbonyl (C=O) groups is 1. The molecule has 0 spiro atoms. The molecule has 0 radical (unpaired) electrons. The number of hydrogen-bond donors (Lipinski definition) is 2. The topological polar surface area (TPSA) is 57.5 Å². The molecule has 2 unspecified atom stereocenters. The van der Waals surface area contributed by atoms with Crippen molar-refractivity contribution in [1.82, 2.24) is 15.5 Å². The van der Waals surface area contributed by atoms with Crippen LogP contribution < -0.4 is 10.6 Å². The SMILES string of the molecule is CN(C)C(CNC(=O)CCC1CCCNC1)c1ccco1. The van der Waals surface area contributed by atoms with Gasteiger partial charge < -0.3 is 15.1 Å².